The van der Waals surface area contributed by atoms with Crippen LogP contribution in [0, 0.1) is 5.92 Å². The summed E-state index contributed by atoms with van der Waals surface area (Å²) in [6, 6.07) is 0.499. The predicted molar refractivity (Wildman–Crippen MR) is 94.2 cm³/mol. The molecule has 0 bridgehead atoms. The summed E-state index contributed by atoms with van der Waals surface area (Å²) < 4.78 is 0. The van der Waals surface area contributed by atoms with Gasteiger partial charge in [-0.2, -0.15) is 0 Å². The summed E-state index contributed by atoms with van der Waals surface area (Å²) >= 11 is 0. The molecule has 1 saturated heterocycles. The van der Waals surface area contributed by atoms with Gasteiger partial charge in [0.1, 0.15) is 0 Å². The van der Waals surface area contributed by atoms with Gasteiger partial charge in [-0.3, -0.25) is 9.89 Å². The van der Waals surface area contributed by atoms with Gasteiger partial charge < -0.3 is 11.1 Å². The third-order valence-corrected chi connectivity index (χ3v) is 3.67. The Morgan fingerprint density at radius 2 is 2.26 bits per heavy atom. The molecular formula is C14H31IN4. The minimum absolute atomic E-state index is 0. The largest absolute Gasteiger partial charge is 0.370 e. The number of nitrogens with one attached hydrogen (secondary N) is 1. The number of rotatable bonds is 6. The summed E-state index contributed by atoms with van der Waals surface area (Å²) in [4.78, 5) is 6.98. The topological polar surface area (TPSA) is 53.6 Å². The first kappa shape index (κ1) is 19.0. The molecule has 19 heavy (non-hydrogen) atoms. The molecule has 0 amide bonds. The number of nitrogens with two attached hydrogens (primary N) is 1. The van der Waals surface area contributed by atoms with Crippen molar-refractivity contribution < 1.29 is 0 Å². The van der Waals surface area contributed by atoms with E-state index in [-0.39, 0.29) is 24.0 Å². The molecule has 1 heterocycles. The number of aliphatic imine (C=N–C) groups is 1. The lowest BCUT2D eigenvalue weighted by molar-refractivity contribution is 0.142. The van der Waals surface area contributed by atoms with Crippen LogP contribution in [0.25, 0.3) is 0 Å². The van der Waals surface area contributed by atoms with Gasteiger partial charge in [-0.1, -0.05) is 20.3 Å². The van der Waals surface area contributed by atoms with Crippen LogP contribution >= 0.6 is 24.0 Å². The lowest BCUT2D eigenvalue weighted by Gasteiger charge is -2.34. The first-order valence-electron chi connectivity index (χ1n) is 7.41. The average Bonchev–Trinajstić information content (AvgIpc) is 2.36. The Morgan fingerprint density at radius 1 is 1.53 bits per heavy atom. The van der Waals surface area contributed by atoms with Gasteiger partial charge in [0, 0.05) is 19.1 Å². The van der Waals surface area contributed by atoms with Gasteiger partial charge in [0.05, 0.1) is 6.54 Å². The molecule has 2 unspecified atom stereocenters. The van der Waals surface area contributed by atoms with Crippen molar-refractivity contribution >= 4 is 29.9 Å². The van der Waals surface area contributed by atoms with E-state index in [2.05, 4.69) is 36.0 Å². The fraction of sp³-hybridized carbons (Fsp3) is 0.929. The van der Waals surface area contributed by atoms with E-state index in [1.165, 1.54) is 32.4 Å². The van der Waals surface area contributed by atoms with E-state index in [1.807, 2.05) is 0 Å². The monoisotopic (exact) mass is 382 g/mol. The predicted octanol–water partition coefficient (Wildman–Crippen LogP) is 2.43. The third kappa shape index (κ3) is 7.97. The molecule has 0 aromatic carbocycles. The third-order valence-electron chi connectivity index (χ3n) is 3.67. The van der Waals surface area contributed by atoms with Gasteiger partial charge in [-0.25, -0.2) is 0 Å². The van der Waals surface area contributed by atoms with E-state index in [4.69, 9.17) is 5.73 Å². The van der Waals surface area contributed by atoms with Crippen LogP contribution in [0.15, 0.2) is 4.99 Å². The minimum Gasteiger partial charge on any atom is -0.370 e. The van der Waals surface area contributed by atoms with Gasteiger partial charge in [-0.15, -0.1) is 24.0 Å². The SMILES string of the molecule is CCCCNC(N)=NCC(C)N1CCCC(C)C1.I. The molecule has 1 fully saturated rings. The number of likely N-dealkylation sites (tertiary alicyclic amines) is 1. The summed E-state index contributed by atoms with van der Waals surface area (Å²) in [5.41, 5.74) is 5.84. The molecule has 114 valence electrons. The zero-order valence-corrected chi connectivity index (χ0v) is 15.0. The molecule has 0 aromatic heterocycles. The summed E-state index contributed by atoms with van der Waals surface area (Å²) in [5, 5.41) is 3.16. The smallest absolute Gasteiger partial charge is 0.188 e. The average molecular weight is 382 g/mol. The second kappa shape index (κ2) is 10.7. The van der Waals surface area contributed by atoms with Crippen molar-refractivity contribution in [3.63, 3.8) is 0 Å². The zero-order chi connectivity index (χ0) is 13.4. The van der Waals surface area contributed by atoms with Crippen molar-refractivity contribution in [2.45, 2.75) is 52.5 Å². The zero-order valence-electron chi connectivity index (χ0n) is 12.7. The van der Waals surface area contributed by atoms with Crippen LogP contribution in [0.1, 0.15) is 46.5 Å². The Labute approximate surface area is 135 Å². The van der Waals surface area contributed by atoms with Crippen molar-refractivity contribution in [1.29, 1.82) is 0 Å². The fourth-order valence-electron chi connectivity index (χ4n) is 2.42. The second-order valence-corrected chi connectivity index (χ2v) is 5.60. The first-order chi connectivity index (χ1) is 8.63. The van der Waals surface area contributed by atoms with E-state index in [0.29, 0.717) is 12.0 Å². The Bertz CT molecular complexity index is 258. The summed E-state index contributed by atoms with van der Waals surface area (Å²) in [7, 11) is 0. The fourth-order valence-corrected chi connectivity index (χ4v) is 2.42. The maximum Gasteiger partial charge on any atom is 0.188 e. The van der Waals surface area contributed by atoms with Crippen LogP contribution in [-0.2, 0) is 0 Å². The van der Waals surface area contributed by atoms with Gasteiger partial charge in [0.2, 0.25) is 0 Å². The normalized spacial score (nSPS) is 22.7. The quantitative estimate of drug-likeness (QED) is 0.321. The molecule has 0 aromatic rings. The van der Waals surface area contributed by atoms with E-state index in [1.54, 1.807) is 0 Å². The number of hydrogen-bond acceptors (Lipinski definition) is 2. The molecule has 2 atom stereocenters. The highest BCUT2D eigenvalue weighted by Gasteiger charge is 2.20. The van der Waals surface area contributed by atoms with E-state index in [0.717, 1.165) is 25.4 Å². The number of halogens is 1. The van der Waals surface area contributed by atoms with Crippen molar-refractivity contribution in [2.24, 2.45) is 16.6 Å². The number of hydrogen-bond donors (Lipinski definition) is 2. The molecular weight excluding hydrogens is 351 g/mol. The van der Waals surface area contributed by atoms with Crippen LogP contribution < -0.4 is 11.1 Å². The first-order valence-corrected chi connectivity index (χ1v) is 7.41. The Balaban J connectivity index is 0.00000324. The molecule has 0 spiro atoms. The highest BCUT2D eigenvalue weighted by Crippen LogP contribution is 2.17. The molecule has 3 N–H and O–H groups in total. The number of guanidine groups is 1. The number of piperidine rings is 1. The van der Waals surface area contributed by atoms with Gasteiger partial charge in [0.15, 0.2) is 5.96 Å². The summed E-state index contributed by atoms with van der Waals surface area (Å²) in [5.74, 6) is 1.42. The Hall–Kier alpha value is -0.0400. The van der Waals surface area contributed by atoms with Crippen molar-refractivity contribution in [3.8, 4) is 0 Å². The number of nitrogens with zero attached hydrogens (tertiary/aromatic N) is 2. The van der Waals surface area contributed by atoms with Crippen LogP contribution in [0.5, 0.6) is 0 Å². The molecule has 1 aliphatic rings. The van der Waals surface area contributed by atoms with E-state index in [9.17, 15) is 0 Å². The van der Waals surface area contributed by atoms with Crippen molar-refractivity contribution in [3.05, 3.63) is 0 Å². The standard InChI is InChI=1S/C14H30N4.HI/c1-4-5-8-16-14(15)17-10-13(3)18-9-6-7-12(2)11-18;/h12-13H,4-11H2,1-3H3,(H3,15,16,17);1H. The Morgan fingerprint density at radius 3 is 2.89 bits per heavy atom. The molecule has 4 nitrogen and oxygen atoms in total. The molecule has 0 saturated carbocycles. The summed E-state index contributed by atoms with van der Waals surface area (Å²) in [6.45, 7) is 10.9. The molecule has 5 heteroatoms. The molecule has 1 rings (SSSR count). The number of unbranched alkanes of at least 4 members (excludes halogenated alkanes) is 1. The lowest BCUT2D eigenvalue weighted by Crippen LogP contribution is -2.42. The van der Waals surface area contributed by atoms with Gasteiger partial charge >= 0.3 is 0 Å². The highest BCUT2D eigenvalue weighted by molar-refractivity contribution is 14.0. The molecule has 0 aliphatic carbocycles. The molecule has 1 aliphatic heterocycles. The maximum atomic E-state index is 5.84. The lowest BCUT2D eigenvalue weighted by atomic mass is 9.99. The van der Waals surface area contributed by atoms with Crippen molar-refractivity contribution in [1.82, 2.24) is 10.2 Å². The van der Waals surface area contributed by atoms with E-state index < -0.39 is 0 Å². The Kier molecular flexibility index (Phi) is 10.7. The second-order valence-electron chi connectivity index (χ2n) is 5.60. The van der Waals surface area contributed by atoms with Crippen LogP contribution in [0.3, 0.4) is 0 Å². The highest BCUT2D eigenvalue weighted by atomic mass is 127. The summed E-state index contributed by atoms with van der Waals surface area (Å²) in [6.07, 6.45) is 5.02. The van der Waals surface area contributed by atoms with Gasteiger partial charge in [-0.05, 0) is 38.6 Å². The van der Waals surface area contributed by atoms with E-state index >= 15 is 0 Å². The minimum atomic E-state index is 0. The van der Waals surface area contributed by atoms with Gasteiger partial charge in [0.25, 0.3) is 0 Å². The van der Waals surface area contributed by atoms with Crippen LogP contribution in [-0.4, -0.2) is 43.1 Å². The van der Waals surface area contributed by atoms with Crippen molar-refractivity contribution in [2.75, 3.05) is 26.2 Å². The van der Waals surface area contributed by atoms with Crippen LogP contribution in [0.4, 0.5) is 0 Å². The molecule has 0 radical (unpaired) electrons. The van der Waals surface area contributed by atoms with Crippen LogP contribution in [0.2, 0.25) is 0 Å². The maximum absolute atomic E-state index is 5.84.